The Morgan fingerprint density at radius 1 is 1.60 bits per heavy atom. The smallest absolute Gasteiger partial charge is 0.347 e. The minimum atomic E-state index is -0.483. The molecular formula is C11H11ClO3. The molecule has 0 unspecified atom stereocenters. The van der Waals surface area contributed by atoms with Crippen molar-refractivity contribution in [3.8, 4) is 5.75 Å². The average Bonchev–Trinajstić information content (AvgIpc) is 2.27. The Morgan fingerprint density at radius 2 is 2.40 bits per heavy atom. The molecule has 1 aliphatic heterocycles. The Hall–Kier alpha value is -1.22. The summed E-state index contributed by atoms with van der Waals surface area (Å²) in [6, 6.07) is 5.40. The summed E-state index contributed by atoms with van der Waals surface area (Å²) in [6.45, 7) is 0. The lowest BCUT2D eigenvalue weighted by molar-refractivity contribution is -0.149. The van der Waals surface area contributed by atoms with E-state index in [0.29, 0.717) is 11.4 Å². The summed E-state index contributed by atoms with van der Waals surface area (Å²) in [5.41, 5.74) is 1.04. The molecule has 3 nitrogen and oxygen atoms in total. The van der Waals surface area contributed by atoms with Gasteiger partial charge in [0.05, 0.1) is 7.11 Å². The molecular weight excluding hydrogens is 216 g/mol. The van der Waals surface area contributed by atoms with Crippen molar-refractivity contribution in [1.29, 1.82) is 0 Å². The number of aryl methyl sites for hydroxylation is 1. The third-order valence-corrected chi connectivity index (χ3v) is 2.67. The van der Waals surface area contributed by atoms with E-state index in [2.05, 4.69) is 4.74 Å². The molecule has 0 N–H and O–H groups in total. The van der Waals surface area contributed by atoms with Crippen molar-refractivity contribution in [2.45, 2.75) is 18.9 Å². The van der Waals surface area contributed by atoms with Gasteiger partial charge in [-0.15, -0.1) is 0 Å². The van der Waals surface area contributed by atoms with Gasteiger partial charge in [0.1, 0.15) is 5.75 Å². The first-order chi connectivity index (χ1) is 7.20. The summed E-state index contributed by atoms with van der Waals surface area (Å²) in [5, 5.41) is 0.689. The molecule has 0 saturated heterocycles. The zero-order valence-electron chi connectivity index (χ0n) is 8.33. The van der Waals surface area contributed by atoms with Crippen LogP contribution in [0.15, 0.2) is 18.2 Å². The summed E-state index contributed by atoms with van der Waals surface area (Å²) in [7, 11) is 1.36. The second kappa shape index (κ2) is 4.11. The Labute approximate surface area is 92.9 Å². The molecule has 80 valence electrons. The standard InChI is InChI=1S/C11H11ClO3/c1-14-11(13)10-4-2-7-6-8(12)3-5-9(7)15-10/h3,5-6,10H,2,4H2,1H3/t10-/m1/s1. The highest BCUT2D eigenvalue weighted by Crippen LogP contribution is 2.30. The molecule has 4 heteroatoms. The molecule has 1 aliphatic rings. The lowest BCUT2D eigenvalue weighted by Crippen LogP contribution is -2.32. The summed E-state index contributed by atoms with van der Waals surface area (Å²) >= 11 is 5.86. The van der Waals surface area contributed by atoms with E-state index in [9.17, 15) is 4.79 Å². The van der Waals surface area contributed by atoms with E-state index in [1.54, 1.807) is 12.1 Å². The number of ether oxygens (including phenoxy) is 2. The van der Waals surface area contributed by atoms with Crippen molar-refractivity contribution in [3.05, 3.63) is 28.8 Å². The van der Waals surface area contributed by atoms with Gasteiger partial charge in [-0.05, 0) is 36.6 Å². The minimum Gasteiger partial charge on any atom is -0.478 e. The normalized spacial score (nSPS) is 18.9. The SMILES string of the molecule is COC(=O)[C@H]1CCc2cc(Cl)ccc2O1. The van der Waals surface area contributed by atoms with Gasteiger partial charge in [0.2, 0.25) is 0 Å². The lowest BCUT2D eigenvalue weighted by atomic mass is 10.0. The zero-order valence-corrected chi connectivity index (χ0v) is 9.08. The van der Waals surface area contributed by atoms with E-state index in [-0.39, 0.29) is 5.97 Å². The van der Waals surface area contributed by atoms with Gasteiger partial charge >= 0.3 is 5.97 Å². The maximum atomic E-state index is 11.3. The van der Waals surface area contributed by atoms with Gasteiger partial charge in [-0.1, -0.05) is 11.6 Å². The molecule has 0 aliphatic carbocycles. The largest absolute Gasteiger partial charge is 0.478 e. The second-order valence-corrected chi connectivity index (χ2v) is 3.86. The fourth-order valence-electron chi connectivity index (χ4n) is 1.65. The van der Waals surface area contributed by atoms with Crippen LogP contribution in [0.5, 0.6) is 5.75 Å². The number of esters is 1. The second-order valence-electron chi connectivity index (χ2n) is 3.42. The maximum absolute atomic E-state index is 11.3. The van der Waals surface area contributed by atoms with Crippen LogP contribution in [-0.2, 0) is 16.0 Å². The van der Waals surface area contributed by atoms with Gasteiger partial charge < -0.3 is 9.47 Å². The van der Waals surface area contributed by atoms with Crippen LogP contribution in [-0.4, -0.2) is 19.2 Å². The van der Waals surface area contributed by atoms with Crippen LogP contribution in [0.2, 0.25) is 5.02 Å². The molecule has 1 aromatic carbocycles. The maximum Gasteiger partial charge on any atom is 0.347 e. The summed E-state index contributed by atoms with van der Waals surface area (Å²) < 4.78 is 10.1. The van der Waals surface area contributed by atoms with Crippen molar-refractivity contribution >= 4 is 17.6 Å². The zero-order chi connectivity index (χ0) is 10.8. The van der Waals surface area contributed by atoms with Crippen LogP contribution in [0.1, 0.15) is 12.0 Å². The Kier molecular flexibility index (Phi) is 2.82. The van der Waals surface area contributed by atoms with Crippen molar-refractivity contribution in [1.82, 2.24) is 0 Å². The fraction of sp³-hybridized carbons (Fsp3) is 0.364. The van der Waals surface area contributed by atoms with Gasteiger partial charge in [-0.25, -0.2) is 4.79 Å². The van der Waals surface area contributed by atoms with Crippen molar-refractivity contribution in [2.24, 2.45) is 0 Å². The number of carbonyl (C=O) groups excluding carboxylic acids is 1. The first-order valence-corrected chi connectivity index (χ1v) is 5.11. The molecule has 0 saturated carbocycles. The number of methoxy groups -OCH3 is 1. The Balaban J connectivity index is 2.20. The fourth-order valence-corrected chi connectivity index (χ4v) is 1.85. The highest BCUT2D eigenvalue weighted by Gasteiger charge is 2.26. The van der Waals surface area contributed by atoms with E-state index in [1.807, 2.05) is 6.07 Å². The van der Waals surface area contributed by atoms with Gasteiger partial charge in [-0.3, -0.25) is 0 Å². The summed E-state index contributed by atoms with van der Waals surface area (Å²) in [5.74, 6) is 0.400. The van der Waals surface area contributed by atoms with Crippen LogP contribution in [0, 0.1) is 0 Å². The van der Waals surface area contributed by atoms with Crippen LogP contribution < -0.4 is 4.74 Å². The number of rotatable bonds is 1. The number of fused-ring (bicyclic) bond motifs is 1. The number of hydrogen-bond donors (Lipinski definition) is 0. The van der Waals surface area contributed by atoms with Gasteiger partial charge in [0.15, 0.2) is 6.10 Å². The van der Waals surface area contributed by atoms with Crippen LogP contribution in [0.25, 0.3) is 0 Å². The molecule has 0 bridgehead atoms. The third kappa shape index (κ3) is 2.07. The monoisotopic (exact) mass is 226 g/mol. The summed E-state index contributed by atoms with van der Waals surface area (Å²) in [6.07, 6.45) is 0.944. The first-order valence-electron chi connectivity index (χ1n) is 4.73. The third-order valence-electron chi connectivity index (χ3n) is 2.43. The minimum absolute atomic E-state index is 0.324. The molecule has 1 aromatic rings. The number of benzene rings is 1. The summed E-state index contributed by atoms with van der Waals surface area (Å²) in [4.78, 5) is 11.3. The van der Waals surface area contributed by atoms with Crippen LogP contribution >= 0.6 is 11.6 Å². The lowest BCUT2D eigenvalue weighted by Gasteiger charge is -2.24. The van der Waals surface area contributed by atoms with E-state index < -0.39 is 6.10 Å². The van der Waals surface area contributed by atoms with Crippen molar-refractivity contribution in [2.75, 3.05) is 7.11 Å². The number of hydrogen-bond acceptors (Lipinski definition) is 3. The van der Waals surface area contributed by atoms with Crippen LogP contribution in [0.4, 0.5) is 0 Å². The molecule has 1 heterocycles. The van der Waals surface area contributed by atoms with Gasteiger partial charge in [0.25, 0.3) is 0 Å². The molecule has 0 radical (unpaired) electrons. The van der Waals surface area contributed by atoms with E-state index >= 15 is 0 Å². The molecule has 0 spiro atoms. The quantitative estimate of drug-likeness (QED) is 0.689. The topological polar surface area (TPSA) is 35.5 Å². The molecule has 0 aromatic heterocycles. The molecule has 0 fully saturated rings. The number of halogens is 1. The molecule has 2 rings (SSSR count). The average molecular weight is 227 g/mol. The van der Waals surface area contributed by atoms with E-state index in [4.69, 9.17) is 16.3 Å². The number of carbonyl (C=O) groups is 1. The first kappa shape index (κ1) is 10.3. The van der Waals surface area contributed by atoms with Gasteiger partial charge in [0, 0.05) is 5.02 Å². The van der Waals surface area contributed by atoms with E-state index in [1.165, 1.54) is 7.11 Å². The highest BCUT2D eigenvalue weighted by molar-refractivity contribution is 6.30. The highest BCUT2D eigenvalue weighted by atomic mass is 35.5. The van der Waals surface area contributed by atoms with Crippen LogP contribution in [0.3, 0.4) is 0 Å². The predicted octanol–water partition coefficient (Wildman–Crippen LogP) is 2.21. The van der Waals surface area contributed by atoms with E-state index in [0.717, 1.165) is 17.7 Å². The van der Waals surface area contributed by atoms with Gasteiger partial charge in [-0.2, -0.15) is 0 Å². The predicted molar refractivity (Wildman–Crippen MR) is 56.2 cm³/mol. The molecule has 1 atom stereocenters. The molecule has 0 amide bonds. The Bertz CT molecular complexity index is 389. The van der Waals surface area contributed by atoms with Crippen molar-refractivity contribution in [3.63, 3.8) is 0 Å². The van der Waals surface area contributed by atoms with Crippen molar-refractivity contribution < 1.29 is 14.3 Å². The Morgan fingerprint density at radius 3 is 3.13 bits per heavy atom. The molecule has 15 heavy (non-hydrogen) atoms.